The molecule has 1 aromatic rings. The predicted octanol–water partition coefficient (Wildman–Crippen LogP) is 0.836. The Labute approximate surface area is 100 Å². The van der Waals surface area contributed by atoms with Crippen LogP contribution in [0.2, 0.25) is 0 Å². The summed E-state index contributed by atoms with van der Waals surface area (Å²) in [4.78, 5) is 1.37. The van der Waals surface area contributed by atoms with Gasteiger partial charge in [0, 0.05) is 24.8 Å². The molecule has 0 amide bonds. The van der Waals surface area contributed by atoms with Crippen molar-refractivity contribution in [2.24, 2.45) is 5.92 Å². The Kier molecular flexibility index (Phi) is 2.73. The van der Waals surface area contributed by atoms with Gasteiger partial charge in [-0.15, -0.1) is 0 Å². The lowest BCUT2D eigenvalue weighted by molar-refractivity contribution is -0.880. The normalized spacial score (nSPS) is 34.2. The van der Waals surface area contributed by atoms with E-state index in [0.29, 0.717) is 5.92 Å². The fourth-order valence-corrected chi connectivity index (χ4v) is 3.02. The number of halogens is 1. The van der Waals surface area contributed by atoms with E-state index in [9.17, 15) is 9.50 Å². The van der Waals surface area contributed by atoms with Crippen LogP contribution in [0.25, 0.3) is 6.08 Å². The first-order chi connectivity index (χ1) is 8.24. The lowest BCUT2D eigenvalue weighted by Gasteiger charge is -2.41. The minimum absolute atomic E-state index is 0.222. The Hall–Kier alpha value is -1.19. The molecule has 0 unspecified atom stereocenters. The van der Waals surface area contributed by atoms with E-state index in [1.165, 1.54) is 17.0 Å². The molecule has 3 heteroatoms. The van der Waals surface area contributed by atoms with Gasteiger partial charge >= 0.3 is 0 Å². The molecule has 1 aromatic carbocycles. The summed E-state index contributed by atoms with van der Waals surface area (Å²) in [5.74, 6) is 0.187. The maximum Gasteiger partial charge on any atom is 0.137 e. The van der Waals surface area contributed by atoms with E-state index < -0.39 is 0 Å². The van der Waals surface area contributed by atoms with Crippen LogP contribution < -0.4 is 4.90 Å². The van der Waals surface area contributed by atoms with Crippen molar-refractivity contribution >= 4 is 6.08 Å². The SMILES string of the molecule is O[C@@H]1/C(=C/c2cccc(F)c2)[NH+]2CCC1CC2. The second kappa shape index (κ2) is 4.24. The van der Waals surface area contributed by atoms with Crippen molar-refractivity contribution in [2.75, 3.05) is 13.1 Å². The average Bonchev–Trinajstić information content (AvgIpc) is 2.34. The highest BCUT2D eigenvalue weighted by Gasteiger charge is 2.40. The fraction of sp³-hybridized carbons (Fsp3) is 0.429. The number of quaternary nitrogens is 1. The number of hydrogen-bond acceptors (Lipinski definition) is 1. The topological polar surface area (TPSA) is 24.7 Å². The van der Waals surface area contributed by atoms with Crippen LogP contribution in [0.3, 0.4) is 0 Å². The number of fused-ring (bicyclic) bond motifs is 3. The monoisotopic (exact) mass is 234 g/mol. The molecule has 0 radical (unpaired) electrons. The van der Waals surface area contributed by atoms with Crippen molar-refractivity contribution in [3.63, 3.8) is 0 Å². The largest absolute Gasteiger partial charge is 0.383 e. The number of rotatable bonds is 1. The van der Waals surface area contributed by atoms with E-state index in [-0.39, 0.29) is 11.9 Å². The van der Waals surface area contributed by atoms with E-state index in [1.807, 2.05) is 12.1 Å². The lowest BCUT2D eigenvalue weighted by Crippen LogP contribution is -3.14. The molecule has 0 aromatic heterocycles. The highest BCUT2D eigenvalue weighted by Crippen LogP contribution is 2.25. The second-order valence-electron chi connectivity index (χ2n) is 5.04. The van der Waals surface area contributed by atoms with E-state index in [2.05, 4.69) is 0 Å². The molecule has 3 aliphatic rings. The Morgan fingerprint density at radius 1 is 1.29 bits per heavy atom. The van der Waals surface area contributed by atoms with Crippen molar-refractivity contribution in [1.82, 2.24) is 0 Å². The maximum absolute atomic E-state index is 13.1. The molecule has 0 spiro atoms. The number of aliphatic hydroxyl groups is 1. The van der Waals surface area contributed by atoms with Crippen molar-refractivity contribution in [3.05, 3.63) is 41.3 Å². The molecule has 90 valence electrons. The van der Waals surface area contributed by atoms with Crippen LogP contribution in [-0.4, -0.2) is 24.3 Å². The van der Waals surface area contributed by atoms with Gasteiger partial charge < -0.3 is 10.0 Å². The molecule has 3 aliphatic heterocycles. The molecule has 3 fully saturated rings. The molecule has 0 aliphatic carbocycles. The predicted molar refractivity (Wildman–Crippen MR) is 63.8 cm³/mol. The van der Waals surface area contributed by atoms with Crippen LogP contribution in [0.1, 0.15) is 18.4 Å². The van der Waals surface area contributed by atoms with E-state index in [1.54, 1.807) is 6.07 Å². The van der Waals surface area contributed by atoms with Gasteiger partial charge in [-0.2, -0.15) is 0 Å². The minimum Gasteiger partial charge on any atom is -0.383 e. The molecule has 4 rings (SSSR count). The third kappa shape index (κ3) is 2.01. The molecule has 3 heterocycles. The zero-order valence-corrected chi connectivity index (χ0v) is 9.70. The van der Waals surface area contributed by atoms with Gasteiger partial charge in [-0.3, -0.25) is 0 Å². The van der Waals surface area contributed by atoms with Crippen LogP contribution in [0.4, 0.5) is 4.39 Å². The summed E-state index contributed by atoms with van der Waals surface area (Å²) in [5, 5.41) is 10.2. The molecular weight excluding hydrogens is 217 g/mol. The first-order valence-corrected chi connectivity index (χ1v) is 6.24. The summed E-state index contributed by atoms with van der Waals surface area (Å²) < 4.78 is 13.1. The average molecular weight is 234 g/mol. The Bertz CT molecular complexity index is 445. The molecular formula is C14H17FNO+. The number of nitrogens with one attached hydrogen (secondary N) is 1. The summed E-state index contributed by atoms with van der Waals surface area (Å²) >= 11 is 0. The lowest BCUT2D eigenvalue weighted by atomic mass is 9.83. The van der Waals surface area contributed by atoms with Crippen LogP contribution in [0.5, 0.6) is 0 Å². The Morgan fingerprint density at radius 2 is 2.06 bits per heavy atom. The molecule has 0 saturated carbocycles. The van der Waals surface area contributed by atoms with Crippen LogP contribution in [-0.2, 0) is 0 Å². The van der Waals surface area contributed by atoms with Gasteiger partial charge in [-0.25, -0.2) is 4.39 Å². The fourth-order valence-electron chi connectivity index (χ4n) is 3.02. The number of piperidine rings is 3. The van der Waals surface area contributed by atoms with Gasteiger partial charge in [-0.05, 0) is 17.7 Å². The van der Waals surface area contributed by atoms with E-state index >= 15 is 0 Å². The van der Waals surface area contributed by atoms with Gasteiger partial charge in [0.15, 0.2) is 0 Å². The second-order valence-corrected chi connectivity index (χ2v) is 5.04. The quantitative estimate of drug-likeness (QED) is 0.739. The highest BCUT2D eigenvalue weighted by atomic mass is 19.1. The third-order valence-corrected chi connectivity index (χ3v) is 3.98. The zero-order valence-electron chi connectivity index (χ0n) is 9.70. The number of benzene rings is 1. The molecule has 2 nitrogen and oxygen atoms in total. The van der Waals surface area contributed by atoms with E-state index in [4.69, 9.17) is 0 Å². The summed E-state index contributed by atoms with van der Waals surface area (Å²) in [6, 6.07) is 6.55. The summed E-state index contributed by atoms with van der Waals surface area (Å²) in [5.41, 5.74) is 1.89. The third-order valence-electron chi connectivity index (χ3n) is 3.98. The van der Waals surface area contributed by atoms with Crippen LogP contribution in [0, 0.1) is 11.7 Å². The minimum atomic E-state index is -0.337. The van der Waals surface area contributed by atoms with Gasteiger partial charge in [0.25, 0.3) is 0 Å². The molecule has 2 bridgehead atoms. The Balaban J connectivity index is 1.93. The highest BCUT2D eigenvalue weighted by molar-refractivity contribution is 5.52. The van der Waals surface area contributed by atoms with E-state index in [0.717, 1.165) is 37.2 Å². The van der Waals surface area contributed by atoms with Crippen molar-refractivity contribution in [3.8, 4) is 0 Å². The maximum atomic E-state index is 13.1. The molecule has 17 heavy (non-hydrogen) atoms. The van der Waals surface area contributed by atoms with Crippen LogP contribution in [0.15, 0.2) is 30.0 Å². The standard InChI is InChI=1S/C14H16FNO/c15-12-3-1-2-10(8-12)9-13-14(17)11-4-6-16(13)7-5-11/h1-3,8-9,11,14,17H,4-7H2/p+1/b13-9-/t14-/m0/s1. The van der Waals surface area contributed by atoms with Gasteiger partial charge in [0.2, 0.25) is 0 Å². The van der Waals surface area contributed by atoms with Crippen molar-refractivity contribution in [2.45, 2.75) is 18.9 Å². The number of hydrogen-bond donors (Lipinski definition) is 2. The molecule has 1 atom stereocenters. The van der Waals surface area contributed by atoms with Gasteiger partial charge in [0.05, 0.1) is 13.1 Å². The summed E-state index contributed by atoms with van der Waals surface area (Å²) in [6.07, 6.45) is 3.83. The zero-order chi connectivity index (χ0) is 11.8. The Morgan fingerprint density at radius 3 is 2.71 bits per heavy atom. The molecule has 3 saturated heterocycles. The number of aliphatic hydroxyl groups excluding tert-OH is 1. The van der Waals surface area contributed by atoms with Crippen molar-refractivity contribution in [1.29, 1.82) is 0 Å². The van der Waals surface area contributed by atoms with Crippen LogP contribution >= 0.6 is 0 Å². The first kappa shape index (κ1) is 10.9. The first-order valence-electron chi connectivity index (χ1n) is 6.24. The van der Waals surface area contributed by atoms with Crippen molar-refractivity contribution < 1.29 is 14.4 Å². The van der Waals surface area contributed by atoms with Gasteiger partial charge in [0.1, 0.15) is 17.6 Å². The smallest absolute Gasteiger partial charge is 0.137 e. The van der Waals surface area contributed by atoms with Gasteiger partial charge in [-0.1, -0.05) is 12.1 Å². The summed E-state index contributed by atoms with van der Waals surface area (Å²) in [6.45, 7) is 2.20. The molecule has 2 N–H and O–H groups in total. The summed E-state index contributed by atoms with van der Waals surface area (Å²) in [7, 11) is 0.